The molecule has 0 fully saturated rings. The summed E-state index contributed by atoms with van der Waals surface area (Å²) in [5, 5.41) is 8.29. The van der Waals surface area contributed by atoms with Crippen molar-refractivity contribution in [1.82, 2.24) is 9.97 Å². The summed E-state index contributed by atoms with van der Waals surface area (Å²) in [4.78, 5) is 44.9. The van der Waals surface area contributed by atoms with E-state index < -0.39 is 23.3 Å². The first-order valence-corrected chi connectivity index (χ1v) is 9.77. The van der Waals surface area contributed by atoms with Crippen LogP contribution in [-0.4, -0.2) is 36.0 Å². The van der Waals surface area contributed by atoms with Gasteiger partial charge in [-0.25, -0.2) is 0 Å². The zero-order chi connectivity index (χ0) is 22.7. The molecule has 1 unspecified atom stereocenters. The number of benzene rings is 2. The number of carbonyl (C=O) groups excluding carboxylic acids is 2. The fraction of sp³-hybridized carbons (Fsp3) is 0.182. The predicted molar refractivity (Wildman–Crippen MR) is 119 cm³/mol. The summed E-state index contributed by atoms with van der Waals surface area (Å²) in [5.74, 6) is -0.350. The zero-order valence-corrected chi connectivity index (χ0v) is 17.4. The first kappa shape index (κ1) is 20.9. The summed E-state index contributed by atoms with van der Waals surface area (Å²) < 4.78 is 10.2. The topological polar surface area (TPSA) is 134 Å². The quantitative estimate of drug-likeness (QED) is 0.467. The Bertz CT molecular complexity index is 1200. The minimum absolute atomic E-state index is 0.0518. The monoisotopic (exact) mass is 435 g/mol. The maximum absolute atomic E-state index is 12.9. The van der Waals surface area contributed by atoms with Crippen LogP contribution in [0.3, 0.4) is 0 Å². The molecule has 0 saturated carbocycles. The number of H-pyrrole nitrogens is 1. The SMILES string of the molecule is COc1ccc(NC(=O)C2CC(=O)Nc3nc(Nc4ccc(OC)cc4)[nH]c(=O)c32)cc1. The molecular formula is C22H21N5O5. The third kappa shape index (κ3) is 4.38. The molecule has 0 bridgehead atoms. The summed E-state index contributed by atoms with van der Waals surface area (Å²) in [7, 11) is 3.11. The van der Waals surface area contributed by atoms with Gasteiger partial charge in [0.15, 0.2) is 0 Å². The third-order valence-corrected chi connectivity index (χ3v) is 4.98. The van der Waals surface area contributed by atoms with Gasteiger partial charge in [0.2, 0.25) is 17.8 Å². The molecule has 1 atom stereocenters. The van der Waals surface area contributed by atoms with Crippen LogP contribution in [0.2, 0.25) is 0 Å². The second-order valence-corrected chi connectivity index (χ2v) is 7.05. The molecule has 10 nitrogen and oxygen atoms in total. The highest BCUT2D eigenvalue weighted by molar-refractivity contribution is 6.04. The second-order valence-electron chi connectivity index (χ2n) is 7.05. The fourth-order valence-corrected chi connectivity index (χ4v) is 3.37. The number of hydrogen-bond donors (Lipinski definition) is 4. The van der Waals surface area contributed by atoms with Crippen molar-refractivity contribution in [2.24, 2.45) is 0 Å². The lowest BCUT2D eigenvalue weighted by Crippen LogP contribution is -2.36. The summed E-state index contributed by atoms with van der Waals surface area (Å²) in [5.41, 5.74) is 0.770. The Morgan fingerprint density at radius 3 is 2.16 bits per heavy atom. The number of amides is 2. The lowest BCUT2D eigenvalue weighted by atomic mass is 9.92. The number of nitrogens with zero attached hydrogens (tertiary/aromatic N) is 1. The van der Waals surface area contributed by atoms with E-state index in [1.54, 1.807) is 62.8 Å². The summed E-state index contributed by atoms with van der Waals surface area (Å²) >= 11 is 0. The van der Waals surface area contributed by atoms with E-state index in [0.717, 1.165) is 0 Å². The van der Waals surface area contributed by atoms with Crippen LogP contribution in [-0.2, 0) is 9.59 Å². The van der Waals surface area contributed by atoms with Crippen LogP contribution in [0.1, 0.15) is 17.9 Å². The molecule has 2 amide bonds. The van der Waals surface area contributed by atoms with Crippen LogP contribution >= 0.6 is 0 Å². The highest BCUT2D eigenvalue weighted by atomic mass is 16.5. The van der Waals surface area contributed by atoms with Crippen LogP contribution in [0.5, 0.6) is 11.5 Å². The molecule has 1 aromatic heterocycles. The van der Waals surface area contributed by atoms with E-state index in [-0.39, 0.29) is 23.8 Å². The van der Waals surface area contributed by atoms with E-state index in [0.29, 0.717) is 22.9 Å². The van der Waals surface area contributed by atoms with Crippen molar-refractivity contribution in [2.45, 2.75) is 12.3 Å². The number of carbonyl (C=O) groups is 2. The van der Waals surface area contributed by atoms with Crippen LogP contribution in [0.25, 0.3) is 0 Å². The zero-order valence-electron chi connectivity index (χ0n) is 17.4. The number of hydrogen-bond acceptors (Lipinski definition) is 7. The van der Waals surface area contributed by atoms with E-state index in [4.69, 9.17) is 9.47 Å². The molecule has 164 valence electrons. The van der Waals surface area contributed by atoms with E-state index in [1.807, 2.05) is 0 Å². The Morgan fingerprint density at radius 1 is 0.969 bits per heavy atom. The van der Waals surface area contributed by atoms with Crippen LogP contribution in [0.15, 0.2) is 53.3 Å². The highest BCUT2D eigenvalue weighted by Gasteiger charge is 2.34. The first-order chi connectivity index (χ1) is 15.5. The second kappa shape index (κ2) is 8.80. The molecule has 0 radical (unpaired) electrons. The highest BCUT2D eigenvalue weighted by Crippen LogP contribution is 2.30. The van der Waals surface area contributed by atoms with Gasteiger partial charge in [-0.1, -0.05) is 0 Å². The van der Waals surface area contributed by atoms with Crippen molar-refractivity contribution in [3.63, 3.8) is 0 Å². The molecule has 4 rings (SSSR count). The smallest absolute Gasteiger partial charge is 0.258 e. The van der Waals surface area contributed by atoms with Gasteiger partial charge in [0, 0.05) is 17.8 Å². The molecule has 0 aliphatic carbocycles. The van der Waals surface area contributed by atoms with Crippen LogP contribution in [0.4, 0.5) is 23.1 Å². The maximum Gasteiger partial charge on any atom is 0.258 e. The molecule has 1 aliphatic rings. The number of rotatable bonds is 6. The molecule has 0 spiro atoms. The maximum atomic E-state index is 12.9. The summed E-state index contributed by atoms with van der Waals surface area (Å²) in [6, 6.07) is 13.7. The van der Waals surface area contributed by atoms with Crippen LogP contribution < -0.4 is 31.0 Å². The van der Waals surface area contributed by atoms with Gasteiger partial charge in [-0.05, 0) is 48.5 Å². The van der Waals surface area contributed by atoms with Crippen molar-refractivity contribution >= 4 is 35.0 Å². The van der Waals surface area contributed by atoms with Gasteiger partial charge in [-0.15, -0.1) is 0 Å². The van der Waals surface area contributed by atoms with E-state index >= 15 is 0 Å². The van der Waals surface area contributed by atoms with Crippen molar-refractivity contribution in [1.29, 1.82) is 0 Å². The van der Waals surface area contributed by atoms with Gasteiger partial charge in [0.05, 0.1) is 25.7 Å². The van der Waals surface area contributed by atoms with Gasteiger partial charge in [0.25, 0.3) is 5.56 Å². The van der Waals surface area contributed by atoms with Crippen molar-refractivity contribution in [3.8, 4) is 11.5 Å². The molecule has 3 aromatic rings. The predicted octanol–water partition coefficient (Wildman–Crippen LogP) is 2.60. The number of nitrogens with one attached hydrogen (secondary N) is 4. The molecule has 0 saturated heterocycles. The van der Waals surface area contributed by atoms with Crippen molar-refractivity contribution < 1.29 is 19.1 Å². The molecule has 2 aromatic carbocycles. The molecule has 1 aliphatic heterocycles. The number of aromatic amines is 1. The van der Waals surface area contributed by atoms with E-state index in [9.17, 15) is 14.4 Å². The van der Waals surface area contributed by atoms with Gasteiger partial charge >= 0.3 is 0 Å². The lowest BCUT2D eigenvalue weighted by Gasteiger charge is -2.23. The molecule has 10 heteroatoms. The summed E-state index contributed by atoms with van der Waals surface area (Å²) in [6.45, 7) is 0. The third-order valence-electron chi connectivity index (χ3n) is 4.98. The van der Waals surface area contributed by atoms with Crippen molar-refractivity contribution in [2.75, 3.05) is 30.2 Å². The Hall–Kier alpha value is -4.34. The Balaban J connectivity index is 1.59. The number of ether oxygens (including phenoxy) is 2. The Morgan fingerprint density at radius 2 is 1.56 bits per heavy atom. The normalized spacial score (nSPS) is 14.7. The lowest BCUT2D eigenvalue weighted by molar-refractivity contribution is -0.123. The minimum atomic E-state index is -0.980. The molecule has 2 heterocycles. The fourth-order valence-electron chi connectivity index (χ4n) is 3.37. The van der Waals surface area contributed by atoms with E-state index in [1.165, 1.54) is 0 Å². The number of aromatic nitrogens is 2. The van der Waals surface area contributed by atoms with Gasteiger partial charge in [0.1, 0.15) is 17.3 Å². The van der Waals surface area contributed by atoms with Gasteiger partial charge < -0.3 is 25.4 Å². The van der Waals surface area contributed by atoms with Gasteiger partial charge in [-0.2, -0.15) is 4.98 Å². The largest absolute Gasteiger partial charge is 0.497 e. The standard InChI is InChI=1S/C22H21N5O5/c1-31-14-7-3-12(4-8-14)23-20(29)16-11-17(28)25-19-18(16)21(30)27-22(26-19)24-13-5-9-15(32-2)10-6-13/h3-10,16H,11H2,1-2H3,(H,23,29)(H3,24,25,26,27,28,30). The molecular weight excluding hydrogens is 414 g/mol. The van der Waals surface area contributed by atoms with Crippen molar-refractivity contribution in [3.05, 3.63) is 64.4 Å². The minimum Gasteiger partial charge on any atom is -0.497 e. The molecule has 32 heavy (non-hydrogen) atoms. The van der Waals surface area contributed by atoms with Gasteiger partial charge in [-0.3, -0.25) is 19.4 Å². The number of fused-ring (bicyclic) bond motifs is 1. The summed E-state index contributed by atoms with van der Waals surface area (Å²) in [6.07, 6.45) is -0.162. The van der Waals surface area contributed by atoms with Crippen LogP contribution in [0, 0.1) is 0 Å². The first-order valence-electron chi connectivity index (χ1n) is 9.77. The molecule has 4 N–H and O–H groups in total. The van der Waals surface area contributed by atoms with E-state index in [2.05, 4.69) is 25.9 Å². The average Bonchev–Trinajstić information content (AvgIpc) is 2.79. The Labute approximate surface area is 183 Å². The average molecular weight is 435 g/mol. The number of anilines is 4. The Kier molecular flexibility index (Phi) is 5.75. The number of methoxy groups -OCH3 is 2.